The molecule has 1 heterocycles. The molecule has 0 radical (unpaired) electrons. The number of anilines is 3. The minimum Gasteiger partial charge on any atom is -0.331 e. The summed E-state index contributed by atoms with van der Waals surface area (Å²) in [5.74, 6) is 0. The van der Waals surface area contributed by atoms with Crippen molar-refractivity contribution in [3.05, 3.63) is 68.7 Å². The van der Waals surface area contributed by atoms with Crippen LogP contribution in [0.3, 0.4) is 0 Å². The van der Waals surface area contributed by atoms with E-state index in [1.54, 1.807) is 0 Å². The van der Waals surface area contributed by atoms with Gasteiger partial charge in [0.15, 0.2) is 10.3 Å². The predicted molar refractivity (Wildman–Crippen MR) is 113 cm³/mol. The number of thiazole rings is 1. The number of halogens is 1. The number of para-hydroxylation sites is 1. The van der Waals surface area contributed by atoms with Gasteiger partial charge < -0.3 is 5.32 Å². The van der Waals surface area contributed by atoms with Gasteiger partial charge in [0, 0.05) is 11.8 Å². The molecule has 0 atom stereocenters. The number of primary sulfonamides is 1. The maximum absolute atomic E-state index is 11.4. The average molecular weight is 453 g/mol. The fraction of sp³-hybridized carbons (Fsp3) is 0. The summed E-state index contributed by atoms with van der Waals surface area (Å²) in [5, 5.41) is 24.0. The van der Waals surface area contributed by atoms with Gasteiger partial charge in [0.1, 0.15) is 5.69 Å². The normalized spacial score (nSPS) is 11.5. The summed E-state index contributed by atoms with van der Waals surface area (Å²) in [7, 11) is -4.07. The topological polar surface area (TPSA) is 153 Å². The van der Waals surface area contributed by atoms with Crippen LogP contribution in [0.4, 0.5) is 22.2 Å². The molecule has 3 aromatic rings. The molecule has 3 rings (SSSR count). The van der Waals surface area contributed by atoms with Gasteiger partial charge in [-0.1, -0.05) is 41.1 Å². The third kappa shape index (κ3) is 5.26. The van der Waals surface area contributed by atoms with Gasteiger partial charge in [0.05, 0.1) is 20.9 Å². The van der Waals surface area contributed by atoms with Crippen molar-refractivity contribution in [1.82, 2.24) is 4.98 Å². The number of nitro benzene ring substituents is 1. The van der Waals surface area contributed by atoms with E-state index in [-0.39, 0.29) is 15.7 Å². The lowest BCUT2D eigenvalue weighted by molar-refractivity contribution is -0.384. The van der Waals surface area contributed by atoms with Crippen molar-refractivity contribution >= 4 is 61.4 Å². The zero-order valence-corrected chi connectivity index (χ0v) is 16.8. The number of hydrazone groups is 1. The molecule has 0 amide bonds. The van der Waals surface area contributed by atoms with E-state index in [0.717, 1.165) is 17.8 Å². The summed E-state index contributed by atoms with van der Waals surface area (Å²) in [6.07, 6.45) is 1.35. The molecule has 0 aliphatic carbocycles. The van der Waals surface area contributed by atoms with E-state index < -0.39 is 20.6 Å². The lowest BCUT2D eigenvalue weighted by atomic mass is 10.3. The molecule has 13 heteroatoms. The zero-order chi connectivity index (χ0) is 21.0. The first-order chi connectivity index (χ1) is 13.7. The molecule has 0 spiro atoms. The van der Waals surface area contributed by atoms with E-state index in [2.05, 4.69) is 20.8 Å². The van der Waals surface area contributed by atoms with Gasteiger partial charge in [-0.15, -0.1) is 0 Å². The number of rotatable bonds is 7. The predicted octanol–water partition coefficient (Wildman–Crippen LogP) is 3.54. The van der Waals surface area contributed by atoms with Gasteiger partial charge in [0.25, 0.3) is 5.69 Å². The Morgan fingerprint density at radius 1 is 1.24 bits per heavy atom. The average Bonchev–Trinajstić information content (AvgIpc) is 3.01. The second-order valence-electron chi connectivity index (χ2n) is 5.52. The minimum atomic E-state index is -4.07. The first kappa shape index (κ1) is 20.7. The van der Waals surface area contributed by atoms with Crippen molar-refractivity contribution in [2.24, 2.45) is 10.2 Å². The summed E-state index contributed by atoms with van der Waals surface area (Å²) in [4.78, 5) is 14.8. The van der Waals surface area contributed by atoms with Crippen LogP contribution in [0, 0.1) is 10.1 Å². The Morgan fingerprint density at radius 3 is 2.62 bits per heavy atom. The number of benzene rings is 2. The number of hydrogen-bond acceptors (Lipinski definition) is 9. The smallest absolute Gasteiger partial charge is 0.295 e. The molecule has 4 N–H and O–H groups in total. The van der Waals surface area contributed by atoms with Crippen molar-refractivity contribution < 1.29 is 13.3 Å². The van der Waals surface area contributed by atoms with Gasteiger partial charge in [-0.25, -0.2) is 18.5 Å². The summed E-state index contributed by atoms with van der Waals surface area (Å²) in [6, 6.07) is 12.6. The third-order valence-corrected chi connectivity index (χ3v) is 5.71. The molecule has 0 saturated heterocycles. The quantitative estimate of drug-likeness (QED) is 0.281. The number of nitrogens with one attached hydrogen (secondary N) is 2. The molecule has 29 heavy (non-hydrogen) atoms. The lowest BCUT2D eigenvalue weighted by Crippen LogP contribution is -2.12. The molecule has 150 valence electrons. The second kappa shape index (κ2) is 8.53. The first-order valence-corrected chi connectivity index (χ1v) is 10.6. The Hall–Kier alpha value is -3.06. The standard InChI is InChI=1S/C16H13ClN6O4S2/c17-15-14(28-16(21-15)20-10-4-2-1-3-5-10)9-19-22-12-7-6-11(29(18,26)27)8-13(12)23(24)25/h1-9,22H,(H,20,21)(H2,18,26,27). The molecule has 0 fully saturated rings. The highest BCUT2D eigenvalue weighted by atomic mass is 35.5. The van der Waals surface area contributed by atoms with Crippen LogP contribution in [0.5, 0.6) is 0 Å². The SMILES string of the molecule is NS(=O)(=O)c1ccc(NN=Cc2sc(Nc3ccccc3)nc2Cl)c([N+](=O)[O-])c1. The fourth-order valence-electron chi connectivity index (χ4n) is 2.19. The van der Waals surface area contributed by atoms with E-state index in [1.165, 1.54) is 23.6 Å². The van der Waals surface area contributed by atoms with Crippen LogP contribution in [0.25, 0.3) is 0 Å². The van der Waals surface area contributed by atoms with Crippen LogP contribution in [-0.2, 0) is 10.0 Å². The molecular formula is C16H13ClN6O4S2. The molecule has 0 aliphatic heterocycles. The molecule has 0 bridgehead atoms. The Kier molecular flexibility index (Phi) is 6.08. The van der Waals surface area contributed by atoms with Crippen LogP contribution in [0.15, 0.2) is 58.5 Å². The van der Waals surface area contributed by atoms with E-state index in [1.807, 2.05) is 30.3 Å². The zero-order valence-electron chi connectivity index (χ0n) is 14.4. The number of nitrogens with zero attached hydrogens (tertiary/aromatic N) is 3. The van der Waals surface area contributed by atoms with Crippen molar-refractivity contribution in [3.8, 4) is 0 Å². The molecule has 2 aromatic carbocycles. The Bertz CT molecular complexity index is 1180. The number of nitrogens with two attached hydrogens (primary N) is 1. The van der Waals surface area contributed by atoms with E-state index >= 15 is 0 Å². The van der Waals surface area contributed by atoms with Crippen LogP contribution in [0.1, 0.15) is 4.88 Å². The Labute approximate surface area is 174 Å². The largest absolute Gasteiger partial charge is 0.331 e. The first-order valence-electron chi connectivity index (χ1n) is 7.83. The molecule has 0 unspecified atom stereocenters. The van der Waals surface area contributed by atoms with E-state index in [9.17, 15) is 18.5 Å². The van der Waals surface area contributed by atoms with E-state index in [4.69, 9.17) is 16.7 Å². The van der Waals surface area contributed by atoms with Gasteiger partial charge >= 0.3 is 0 Å². The van der Waals surface area contributed by atoms with Crippen molar-refractivity contribution in [1.29, 1.82) is 0 Å². The fourth-order valence-corrected chi connectivity index (χ4v) is 3.77. The Balaban J connectivity index is 1.77. The van der Waals surface area contributed by atoms with Crippen molar-refractivity contribution in [3.63, 3.8) is 0 Å². The second-order valence-corrected chi connectivity index (χ2v) is 8.47. The summed E-state index contributed by atoms with van der Waals surface area (Å²) >= 11 is 7.33. The monoisotopic (exact) mass is 452 g/mol. The van der Waals surface area contributed by atoms with Crippen molar-refractivity contribution in [2.75, 3.05) is 10.7 Å². The maximum Gasteiger partial charge on any atom is 0.295 e. The molecule has 1 aromatic heterocycles. The number of nitro groups is 1. The maximum atomic E-state index is 11.4. The number of aromatic nitrogens is 1. The summed E-state index contributed by atoms with van der Waals surface area (Å²) < 4.78 is 22.7. The van der Waals surface area contributed by atoms with Gasteiger partial charge in [0.2, 0.25) is 10.0 Å². The number of hydrogen-bond donors (Lipinski definition) is 3. The van der Waals surface area contributed by atoms with Gasteiger partial charge in [-0.2, -0.15) is 5.10 Å². The number of sulfonamides is 1. The van der Waals surface area contributed by atoms with Gasteiger partial charge in [-0.3, -0.25) is 15.5 Å². The molecule has 0 saturated carbocycles. The van der Waals surface area contributed by atoms with E-state index in [0.29, 0.717) is 10.0 Å². The Morgan fingerprint density at radius 2 is 1.97 bits per heavy atom. The highest BCUT2D eigenvalue weighted by molar-refractivity contribution is 7.89. The molecule has 10 nitrogen and oxygen atoms in total. The van der Waals surface area contributed by atoms with Crippen LogP contribution < -0.4 is 15.9 Å². The summed E-state index contributed by atoms with van der Waals surface area (Å²) in [6.45, 7) is 0. The highest BCUT2D eigenvalue weighted by Gasteiger charge is 2.19. The third-order valence-electron chi connectivity index (χ3n) is 3.50. The lowest BCUT2D eigenvalue weighted by Gasteiger charge is -2.04. The van der Waals surface area contributed by atoms with Crippen molar-refractivity contribution in [2.45, 2.75) is 4.90 Å². The molecular weight excluding hydrogens is 440 g/mol. The molecule has 0 aliphatic rings. The highest BCUT2D eigenvalue weighted by Crippen LogP contribution is 2.29. The van der Waals surface area contributed by atoms with Gasteiger partial charge in [-0.05, 0) is 24.3 Å². The van der Waals surface area contributed by atoms with Crippen LogP contribution in [-0.4, -0.2) is 24.5 Å². The minimum absolute atomic E-state index is 0.0121. The van der Waals surface area contributed by atoms with Crippen LogP contribution in [0.2, 0.25) is 5.15 Å². The summed E-state index contributed by atoms with van der Waals surface area (Å²) in [5.41, 5.74) is 2.84. The van der Waals surface area contributed by atoms with Crippen LogP contribution >= 0.6 is 22.9 Å².